The minimum absolute atomic E-state index is 0.134. The van der Waals surface area contributed by atoms with Crippen LogP contribution in [-0.4, -0.2) is 16.4 Å². The van der Waals surface area contributed by atoms with Gasteiger partial charge in [0.1, 0.15) is 0 Å². The second-order valence-electron chi connectivity index (χ2n) is 6.07. The van der Waals surface area contributed by atoms with Crippen LogP contribution in [0.5, 0.6) is 11.5 Å². The third-order valence-corrected chi connectivity index (χ3v) is 3.72. The summed E-state index contributed by atoms with van der Waals surface area (Å²) in [6, 6.07) is 11.1. The molecule has 0 fully saturated rings. The molecule has 0 atom stereocenters. The second kappa shape index (κ2) is 6.65. The third kappa shape index (κ3) is 3.30. The highest BCUT2D eigenvalue weighted by molar-refractivity contribution is 5.87. The van der Waals surface area contributed by atoms with Gasteiger partial charge in [0.05, 0.1) is 5.69 Å². The first-order valence-corrected chi connectivity index (χ1v) is 7.59. The number of benzene rings is 2. The highest BCUT2D eigenvalue weighted by Gasteiger charge is 2.13. The van der Waals surface area contributed by atoms with Gasteiger partial charge in [-0.3, -0.25) is 4.99 Å². The van der Waals surface area contributed by atoms with Crippen LogP contribution in [0.15, 0.2) is 41.4 Å². The van der Waals surface area contributed by atoms with Gasteiger partial charge in [0.15, 0.2) is 11.5 Å². The quantitative estimate of drug-likeness (QED) is 0.609. The number of hydrogen-bond donors (Lipinski definition) is 2. The zero-order chi connectivity index (χ0) is 16.3. The first-order chi connectivity index (χ1) is 10.4. The molecule has 0 aromatic heterocycles. The minimum Gasteiger partial charge on any atom is -0.504 e. The van der Waals surface area contributed by atoms with Crippen molar-refractivity contribution in [2.75, 3.05) is 0 Å². The van der Waals surface area contributed by atoms with Crippen molar-refractivity contribution in [3.8, 4) is 11.5 Å². The maximum absolute atomic E-state index is 9.89. The number of rotatable bonds is 4. The Kier molecular flexibility index (Phi) is 4.86. The van der Waals surface area contributed by atoms with Gasteiger partial charge in [-0.1, -0.05) is 52.0 Å². The molecule has 0 amide bonds. The molecule has 3 nitrogen and oxygen atoms in total. The second-order valence-corrected chi connectivity index (χ2v) is 6.07. The average molecular weight is 297 g/mol. The van der Waals surface area contributed by atoms with Crippen LogP contribution in [0.3, 0.4) is 0 Å². The van der Waals surface area contributed by atoms with Crippen LogP contribution < -0.4 is 0 Å². The van der Waals surface area contributed by atoms with Gasteiger partial charge in [0.25, 0.3) is 0 Å². The normalized spacial score (nSPS) is 11.7. The largest absolute Gasteiger partial charge is 0.504 e. The van der Waals surface area contributed by atoms with Gasteiger partial charge in [-0.05, 0) is 35.1 Å². The lowest BCUT2D eigenvalue weighted by Crippen LogP contribution is -1.95. The molecule has 2 N–H and O–H groups in total. The molecule has 2 rings (SSSR count). The van der Waals surface area contributed by atoms with Gasteiger partial charge in [0.2, 0.25) is 0 Å². The monoisotopic (exact) mass is 297 g/mol. The highest BCUT2D eigenvalue weighted by atomic mass is 16.3. The van der Waals surface area contributed by atoms with Crippen molar-refractivity contribution in [1.29, 1.82) is 0 Å². The van der Waals surface area contributed by atoms with Crippen LogP contribution in [0.1, 0.15) is 56.2 Å². The van der Waals surface area contributed by atoms with E-state index in [1.807, 2.05) is 0 Å². The Morgan fingerprint density at radius 2 is 1.41 bits per heavy atom. The van der Waals surface area contributed by atoms with Crippen molar-refractivity contribution < 1.29 is 10.2 Å². The molecular weight excluding hydrogens is 274 g/mol. The lowest BCUT2D eigenvalue weighted by Gasteiger charge is -2.16. The van der Waals surface area contributed by atoms with E-state index in [1.54, 1.807) is 18.3 Å². The Labute approximate surface area is 132 Å². The van der Waals surface area contributed by atoms with Crippen molar-refractivity contribution in [3.05, 3.63) is 53.1 Å². The first kappa shape index (κ1) is 16.1. The van der Waals surface area contributed by atoms with Crippen molar-refractivity contribution in [2.45, 2.75) is 39.5 Å². The number of phenolic OH excluding ortho intramolecular Hbond substituents is 2. The summed E-state index contributed by atoms with van der Waals surface area (Å²) in [5.74, 6) is 0.455. The number of hydrogen-bond acceptors (Lipinski definition) is 3. The maximum Gasteiger partial charge on any atom is 0.166 e. The molecule has 2 aromatic carbocycles. The number of phenols is 2. The smallest absolute Gasteiger partial charge is 0.166 e. The van der Waals surface area contributed by atoms with Crippen LogP contribution >= 0.6 is 0 Å². The molecule has 0 radical (unpaired) electrons. The van der Waals surface area contributed by atoms with Crippen LogP contribution in [0.2, 0.25) is 0 Å². The minimum atomic E-state index is -0.139. The topological polar surface area (TPSA) is 52.8 Å². The standard InChI is InChI=1S/C19H23NO2/c1-12(2)15-8-6-9-16(13(3)4)18(15)20-11-14-7-5-10-17(21)19(14)22/h5-13,21-22H,1-4H3. The molecule has 2 aromatic rings. The molecule has 0 bridgehead atoms. The van der Waals surface area contributed by atoms with Crippen molar-refractivity contribution in [2.24, 2.45) is 4.99 Å². The van der Waals surface area contributed by atoms with Gasteiger partial charge >= 0.3 is 0 Å². The summed E-state index contributed by atoms with van der Waals surface area (Å²) in [4.78, 5) is 4.62. The van der Waals surface area contributed by atoms with Crippen LogP contribution in [0.4, 0.5) is 5.69 Å². The lowest BCUT2D eigenvalue weighted by molar-refractivity contribution is 0.403. The molecule has 0 saturated carbocycles. The molecule has 22 heavy (non-hydrogen) atoms. The number of para-hydroxylation sites is 2. The average Bonchev–Trinajstić information content (AvgIpc) is 2.48. The summed E-state index contributed by atoms with van der Waals surface area (Å²) < 4.78 is 0. The number of nitrogens with zero attached hydrogens (tertiary/aromatic N) is 1. The predicted octanol–water partition coefficient (Wildman–Crippen LogP) is 5.10. The van der Waals surface area contributed by atoms with Gasteiger partial charge in [-0.2, -0.15) is 0 Å². The summed E-state index contributed by atoms with van der Waals surface area (Å²) >= 11 is 0. The highest BCUT2D eigenvalue weighted by Crippen LogP contribution is 2.35. The van der Waals surface area contributed by atoms with E-state index < -0.39 is 0 Å². The summed E-state index contributed by atoms with van der Waals surface area (Å²) in [7, 11) is 0. The molecule has 0 unspecified atom stereocenters. The molecule has 116 valence electrons. The van der Waals surface area contributed by atoms with E-state index in [9.17, 15) is 10.2 Å². The van der Waals surface area contributed by atoms with E-state index in [-0.39, 0.29) is 11.5 Å². The number of aromatic hydroxyl groups is 2. The van der Waals surface area contributed by atoms with Gasteiger partial charge in [0, 0.05) is 11.8 Å². The fraction of sp³-hybridized carbons (Fsp3) is 0.316. The van der Waals surface area contributed by atoms with Crippen LogP contribution in [-0.2, 0) is 0 Å². The molecule has 0 aliphatic carbocycles. The summed E-state index contributed by atoms with van der Waals surface area (Å²) in [6.45, 7) is 8.57. The van der Waals surface area contributed by atoms with E-state index in [2.05, 4.69) is 50.9 Å². The Morgan fingerprint density at radius 3 is 1.95 bits per heavy atom. The molecular formula is C19H23NO2. The van der Waals surface area contributed by atoms with E-state index in [4.69, 9.17) is 0 Å². The van der Waals surface area contributed by atoms with Crippen molar-refractivity contribution in [1.82, 2.24) is 0 Å². The SMILES string of the molecule is CC(C)c1cccc(C(C)C)c1N=Cc1cccc(O)c1O. The molecule has 0 heterocycles. The zero-order valence-electron chi connectivity index (χ0n) is 13.5. The summed E-state index contributed by atoms with van der Waals surface area (Å²) in [6.07, 6.45) is 1.61. The summed E-state index contributed by atoms with van der Waals surface area (Å²) in [5.41, 5.74) is 3.83. The molecule has 0 spiro atoms. The lowest BCUT2D eigenvalue weighted by atomic mass is 9.93. The predicted molar refractivity (Wildman–Crippen MR) is 91.6 cm³/mol. The van der Waals surface area contributed by atoms with Crippen molar-refractivity contribution in [3.63, 3.8) is 0 Å². The molecule has 0 aliphatic heterocycles. The Morgan fingerprint density at radius 1 is 0.864 bits per heavy atom. The summed E-state index contributed by atoms with van der Waals surface area (Å²) in [5, 5.41) is 19.5. The van der Waals surface area contributed by atoms with Gasteiger partial charge < -0.3 is 10.2 Å². The first-order valence-electron chi connectivity index (χ1n) is 7.59. The maximum atomic E-state index is 9.89. The fourth-order valence-electron chi connectivity index (χ4n) is 2.45. The third-order valence-electron chi connectivity index (χ3n) is 3.72. The van der Waals surface area contributed by atoms with Gasteiger partial charge in [-0.25, -0.2) is 0 Å². The Balaban J connectivity index is 2.52. The fourth-order valence-corrected chi connectivity index (χ4v) is 2.45. The Bertz CT molecular complexity index is 662. The zero-order valence-corrected chi connectivity index (χ0v) is 13.5. The molecule has 0 aliphatic rings. The van der Waals surface area contributed by atoms with E-state index in [1.165, 1.54) is 17.2 Å². The molecule has 0 saturated heterocycles. The van der Waals surface area contributed by atoms with Crippen molar-refractivity contribution >= 4 is 11.9 Å². The van der Waals surface area contributed by atoms with E-state index >= 15 is 0 Å². The van der Waals surface area contributed by atoms with E-state index in [0.29, 0.717) is 17.4 Å². The number of aliphatic imine (C=N–C) groups is 1. The molecule has 3 heteroatoms. The van der Waals surface area contributed by atoms with E-state index in [0.717, 1.165) is 5.69 Å². The Hall–Kier alpha value is -2.29. The van der Waals surface area contributed by atoms with Gasteiger partial charge in [-0.15, -0.1) is 0 Å². The van der Waals surface area contributed by atoms with Crippen LogP contribution in [0.25, 0.3) is 0 Å². The van der Waals surface area contributed by atoms with Crippen LogP contribution in [0, 0.1) is 0 Å².